The van der Waals surface area contributed by atoms with E-state index in [-0.39, 0.29) is 0 Å². The Morgan fingerprint density at radius 2 is 2.00 bits per heavy atom. The van der Waals surface area contributed by atoms with Crippen LogP contribution in [-0.4, -0.2) is 14.2 Å². The van der Waals surface area contributed by atoms with E-state index in [0.29, 0.717) is 5.75 Å². The lowest BCUT2D eigenvalue weighted by Gasteiger charge is -2.05. The van der Waals surface area contributed by atoms with Crippen molar-refractivity contribution in [3.8, 4) is 23.5 Å². The maximum atomic E-state index is 5.12. The minimum absolute atomic E-state index is 0.693. The Labute approximate surface area is 77.5 Å². The lowest BCUT2D eigenvalue weighted by Crippen LogP contribution is -1.90. The highest BCUT2D eigenvalue weighted by atomic mass is 16.5. The number of hydrogen-bond donors (Lipinski definition) is 1. The van der Waals surface area contributed by atoms with Crippen LogP contribution in [0, 0.1) is 12.0 Å². The standard InChI is InChI=1S/C10H11NO2/c1-12-9-3-4-10(13-2)8(7-9)5-6-11/h3-4,7H,11H2,1-2H3. The molecule has 0 bridgehead atoms. The molecule has 0 aliphatic carbocycles. The van der Waals surface area contributed by atoms with Gasteiger partial charge in [0.05, 0.1) is 19.8 Å². The van der Waals surface area contributed by atoms with Gasteiger partial charge in [-0.3, -0.25) is 0 Å². The van der Waals surface area contributed by atoms with Gasteiger partial charge in [-0.1, -0.05) is 0 Å². The smallest absolute Gasteiger partial charge is 0.134 e. The molecule has 13 heavy (non-hydrogen) atoms. The average Bonchev–Trinajstić information content (AvgIpc) is 2.18. The molecule has 0 radical (unpaired) electrons. The van der Waals surface area contributed by atoms with E-state index in [1.165, 1.54) is 0 Å². The first-order valence-electron chi connectivity index (χ1n) is 3.75. The summed E-state index contributed by atoms with van der Waals surface area (Å²) in [4.78, 5) is 0. The van der Waals surface area contributed by atoms with Gasteiger partial charge in [0.2, 0.25) is 0 Å². The quantitative estimate of drug-likeness (QED) is 0.540. The number of methoxy groups -OCH3 is 2. The minimum Gasteiger partial charge on any atom is -0.497 e. The van der Waals surface area contributed by atoms with Crippen molar-refractivity contribution >= 4 is 0 Å². The average molecular weight is 177 g/mol. The molecule has 0 fully saturated rings. The second-order valence-electron chi connectivity index (χ2n) is 2.34. The molecule has 0 amide bonds. The largest absolute Gasteiger partial charge is 0.497 e. The maximum absolute atomic E-state index is 5.12. The second kappa shape index (κ2) is 4.27. The Hall–Kier alpha value is -1.82. The molecule has 0 saturated heterocycles. The van der Waals surface area contributed by atoms with Crippen LogP contribution in [-0.2, 0) is 0 Å². The molecule has 1 aromatic carbocycles. The van der Waals surface area contributed by atoms with Crippen molar-refractivity contribution in [1.29, 1.82) is 0 Å². The van der Waals surface area contributed by atoms with E-state index in [0.717, 1.165) is 11.3 Å². The molecule has 3 heteroatoms. The van der Waals surface area contributed by atoms with Gasteiger partial charge in [-0.25, -0.2) is 0 Å². The molecule has 0 aliphatic heterocycles. The predicted octanol–water partition coefficient (Wildman–Crippen LogP) is 0.972. The van der Waals surface area contributed by atoms with Gasteiger partial charge >= 0.3 is 0 Å². The highest BCUT2D eigenvalue weighted by Crippen LogP contribution is 2.22. The molecule has 68 valence electrons. The van der Waals surface area contributed by atoms with Crippen LogP contribution in [0.2, 0.25) is 0 Å². The van der Waals surface area contributed by atoms with E-state index in [1.807, 2.05) is 0 Å². The molecule has 0 aliphatic rings. The Morgan fingerprint density at radius 3 is 2.54 bits per heavy atom. The third-order valence-electron chi connectivity index (χ3n) is 1.61. The Bertz CT molecular complexity index is 350. The second-order valence-corrected chi connectivity index (χ2v) is 2.34. The summed E-state index contributed by atoms with van der Waals surface area (Å²) in [5, 5.41) is 0. The van der Waals surface area contributed by atoms with Gasteiger partial charge in [0, 0.05) is 6.04 Å². The van der Waals surface area contributed by atoms with E-state index in [1.54, 1.807) is 32.4 Å². The van der Waals surface area contributed by atoms with E-state index in [4.69, 9.17) is 15.2 Å². The zero-order valence-electron chi connectivity index (χ0n) is 7.63. The highest BCUT2D eigenvalue weighted by Gasteiger charge is 2.01. The first-order chi connectivity index (χ1) is 6.31. The lowest BCUT2D eigenvalue weighted by molar-refractivity contribution is 0.402. The highest BCUT2D eigenvalue weighted by molar-refractivity contribution is 5.49. The van der Waals surface area contributed by atoms with Crippen molar-refractivity contribution < 1.29 is 9.47 Å². The van der Waals surface area contributed by atoms with Crippen molar-refractivity contribution in [2.24, 2.45) is 5.73 Å². The first kappa shape index (κ1) is 9.27. The van der Waals surface area contributed by atoms with Gasteiger partial charge in [-0.2, -0.15) is 0 Å². The van der Waals surface area contributed by atoms with Gasteiger partial charge in [0.25, 0.3) is 0 Å². The van der Waals surface area contributed by atoms with E-state index in [2.05, 4.69) is 12.0 Å². The summed E-state index contributed by atoms with van der Waals surface area (Å²) in [7, 11) is 3.19. The lowest BCUT2D eigenvalue weighted by atomic mass is 10.2. The van der Waals surface area contributed by atoms with Crippen LogP contribution in [0.15, 0.2) is 18.2 Å². The van der Waals surface area contributed by atoms with Crippen LogP contribution in [0.3, 0.4) is 0 Å². The Balaban J connectivity index is 3.15. The molecule has 2 N–H and O–H groups in total. The Morgan fingerprint density at radius 1 is 1.23 bits per heavy atom. The van der Waals surface area contributed by atoms with E-state index in [9.17, 15) is 0 Å². The van der Waals surface area contributed by atoms with Crippen LogP contribution in [0.25, 0.3) is 0 Å². The van der Waals surface area contributed by atoms with Crippen LogP contribution < -0.4 is 15.2 Å². The number of benzene rings is 1. The number of hydrogen-bond acceptors (Lipinski definition) is 3. The van der Waals surface area contributed by atoms with Crippen molar-refractivity contribution in [1.82, 2.24) is 0 Å². The molecule has 0 atom stereocenters. The monoisotopic (exact) mass is 177 g/mol. The summed E-state index contributed by atoms with van der Waals surface area (Å²) < 4.78 is 10.1. The topological polar surface area (TPSA) is 44.5 Å². The van der Waals surface area contributed by atoms with Gasteiger partial charge in [-0.15, -0.1) is 0 Å². The van der Waals surface area contributed by atoms with E-state index < -0.39 is 0 Å². The molecule has 0 unspecified atom stereocenters. The number of ether oxygens (including phenoxy) is 2. The normalized spacial score (nSPS) is 8.46. The van der Waals surface area contributed by atoms with E-state index >= 15 is 0 Å². The van der Waals surface area contributed by atoms with Crippen molar-refractivity contribution in [2.75, 3.05) is 14.2 Å². The fraction of sp³-hybridized carbons (Fsp3) is 0.200. The molecule has 1 rings (SSSR count). The van der Waals surface area contributed by atoms with Crippen LogP contribution >= 0.6 is 0 Å². The third kappa shape index (κ3) is 2.06. The van der Waals surface area contributed by atoms with Gasteiger partial charge in [-0.05, 0) is 24.1 Å². The molecule has 1 aromatic rings. The van der Waals surface area contributed by atoms with Crippen LogP contribution in [0.1, 0.15) is 5.56 Å². The summed E-state index contributed by atoms with van der Waals surface area (Å²) in [5.41, 5.74) is 5.84. The fourth-order valence-electron chi connectivity index (χ4n) is 0.990. The van der Waals surface area contributed by atoms with Crippen molar-refractivity contribution in [3.63, 3.8) is 0 Å². The molecular formula is C10H11NO2. The zero-order chi connectivity index (χ0) is 9.68. The number of rotatable bonds is 2. The zero-order valence-corrected chi connectivity index (χ0v) is 7.63. The molecular weight excluding hydrogens is 166 g/mol. The molecule has 0 heterocycles. The summed E-state index contributed by atoms with van der Waals surface area (Å²) >= 11 is 0. The summed E-state index contributed by atoms with van der Waals surface area (Å²) in [6.45, 7) is 0. The maximum Gasteiger partial charge on any atom is 0.134 e. The van der Waals surface area contributed by atoms with Gasteiger partial charge in [0.15, 0.2) is 0 Å². The predicted molar refractivity (Wildman–Crippen MR) is 50.6 cm³/mol. The van der Waals surface area contributed by atoms with Crippen molar-refractivity contribution in [2.45, 2.75) is 0 Å². The SMILES string of the molecule is COc1ccc(OC)c(C#CN)c1. The van der Waals surface area contributed by atoms with Gasteiger partial charge < -0.3 is 15.2 Å². The summed E-state index contributed by atoms with van der Waals surface area (Å²) in [5.74, 6) is 4.15. The fourth-order valence-corrected chi connectivity index (χ4v) is 0.990. The first-order valence-corrected chi connectivity index (χ1v) is 3.75. The number of nitrogens with two attached hydrogens (primary N) is 1. The molecule has 0 spiro atoms. The van der Waals surface area contributed by atoms with Gasteiger partial charge in [0.1, 0.15) is 11.5 Å². The summed E-state index contributed by atoms with van der Waals surface area (Å²) in [6, 6.07) is 7.70. The third-order valence-corrected chi connectivity index (χ3v) is 1.61. The minimum atomic E-state index is 0.693. The van der Waals surface area contributed by atoms with Crippen molar-refractivity contribution in [3.05, 3.63) is 23.8 Å². The molecule has 0 aromatic heterocycles. The Kier molecular flexibility index (Phi) is 3.04. The summed E-state index contributed by atoms with van der Waals surface area (Å²) in [6.07, 6.45) is 0. The molecule has 0 saturated carbocycles. The van der Waals surface area contributed by atoms with Crippen LogP contribution in [0.5, 0.6) is 11.5 Å². The van der Waals surface area contributed by atoms with Crippen LogP contribution in [0.4, 0.5) is 0 Å². The molecule has 3 nitrogen and oxygen atoms in total.